The predicted octanol–water partition coefficient (Wildman–Crippen LogP) is 5.86. The Balaban J connectivity index is 1.58. The van der Waals surface area contributed by atoms with E-state index in [4.69, 9.17) is 23.2 Å². The van der Waals surface area contributed by atoms with Gasteiger partial charge in [-0.3, -0.25) is 14.5 Å². The van der Waals surface area contributed by atoms with Gasteiger partial charge in [0.1, 0.15) is 5.82 Å². The van der Waals surface area contributed by atoms with Crippen LogP contribution in [0.2, 0.25) is 10.0 Å². The fourth-order valence-electron chi connectivity index (χ4n) is 3.15. The summed E-state index contributed by atoms with van der Waals surface area (Å²) in [5.41, 5.74) is 1.73. The maximum absolute atomic E-state index is 12.6. The number of nitrogens with one attached hydrogen (secondary N) is 1. The highest BCUT2D eigenvalue weighted by molar-refractivity contribution is 7.13. The number of halogens is 2. The van der Waals surface area contributed by atoms with Crippen LogP contribution in [0.25, 0.3) is 10.1 Å². The van der Waals surface area contributed by atoms with Crippen molar-refractivity contribution in [2.45, 2.75) is 13.3 Å². The molecule has 0 unspecified atom stereocenters. The molecule has 0 saturated heterocycles. The molecule has 1 N–H and O–H groups in total. The molecule has 156 valence electrons. The fraction of sp³-hybridized carbons (Fsp3) is 0.0909. The van der Waals surface area contributed by atoms with Crippen molar-refractivity contribution in [3.63, 3.8) is 0 Å². The van der Waals surface area contributed by atoms with Gasteiger partial charge in [-0.25, -0.2) is 4.98 Å². The molecule has 2 heterocycles. The number of anilines is 3. The third-order valence-corrected chi connectivity index (χ3v) is 6.04. The molecule has 0 aliphatic carbocycles. The fourth-order valence-corrected chi connectivity index (χ4v) is 4.36. The van der Waals surface area contributed by atoms with E-state index in [0.29, 0.717) is 32.8 Å². The van der Waals surface area contributed by atoms with E-state index >= 15 is 0 Å². The number of carbonyl (C=O) groups excluding carboxylic acids is 2. The first-order valence-electron chi connectivity index (χ1n) is 9.26. The average Bonchev–Trinajstić information content (AvgIpc) is 3.19. The smallest absolute Gasteiger partial charge is 0.229 e. The van der Waals surface area contributed by atoms with Crippen molar-refractivity contribution >= 4 is 73.8 Å². The van der Waals surface area contributed by atoms with E-state index in [1.54, 1.807) is 36.5 Å². The number of aromatic nitrogens is 2. The molecule has 0 bridgehead atoms. The number of rotatable bonds is 5. The lowest BCUT2D eigenvalue weighted by molar-refractivity contribution is -0.116. The first kappa shape index (κ1) is 21.2. The summed E-state index contributed by atoms with van der Waals surface area (Å²) in [7, 11) is 0. The Morgan fingerprint density at radius 3 is 2.61 bits per heavy atom. The van der Waals surface area contributed by atoms with Crippen molar-refractivity contribution in [1.29, 1.82) is 0 Å². The lowest BCUT2D eigenvalue weighted by Crippen LogP contribution is -2.24. The topological polar surface area (TPSA) is 75.2 Å². The molecule has 0 spiro atoms. The third-order valence-electron chi connectivity index (χ3n) is 4.57. The van der Waals surface area contributed by atoms with Crippen molar-refractivity contribution in [1.82, 2.24) is 9.36 Å². The van der Waals surface area contributed by atoms with Gasteiger partial charge in [0.15, 0.2) is 0 Å². The zero-order valence-electron chi connectivity index (χ0n) is 16.3. The Kier molecular flexibility index (Phi) is 6.18. The molecule has 0 aliphatic heterocycles. The summed E-state index contributed by atoms with van der Waals surface area (Å²) in [6.45, 7) is 1.46. The van der Waals surface area contributed by atoms with Crippen LogP contribution in [0.5, 0.6) is 0 Å². The molecule has 0 saturated carbocycles. The molecular formula is C22H16Cl2N4O2S. The molecule has 2 amide bonds. The van der Waals surface area contributed by atoms with E-state index in [-0.39, 0.29) is 18.2 Å². The van der Waals surface area contributed by atoms with Crippen LogP contribution in [0, 0.1) is 0 Å². The van der Waals surface area contributed by atoms with Crippen LogP contribution in [-0.2, 0) is 16.0 Å². The highest BCUT2D eigenvalue weighted by Crippen LogP contribution is 2.30. The summed E-state index contributed by atoms with van der Waals surface area (Å²) in [5, 5.41) is 4.68. The molecule has 2 aromatic heterocycles. The normalized spacial score (nSPS) is 10.8. The van der Waals surface area contributed by atoms with Crippen molar-refractivity contribution < 1.29 is 9.59 Å². The Morgan fingerprint density at radius 1 is 1.10 bits per heavy atom. The predicted molar refractivity (Wildman–Crippen MR) is 125 cm³/mol. The lowest BCUT2D eigenvalue weighted by Gasteiger charge is -2.21. The van der Waals surface area contributed by atoms with Crippen molar-refractivity contribution in [2.75, 3.05) is 10.2 Å². The molecule has 0 radical (unpaired) electrons. The van der Waals surface area contributed by atoms with Gasteiger partial charge in [-0.05, 0) is 53.5 Å². The number of hydrogen-bond acceptors (Lipinski definition) is 5. The van der Waals surface area contributed by atoms with Gasteiger partial charge < -0.3 is 5.32 Å². The minimum Gasteiger partial charge on any atom is -0.326 e. The molecular weight excluding hydrogens is 455 g/mol. The van der Waals surface area contributed by atoms with Gasteiger partial charge in [0, 0.05) is 46.5 Å². The third kappa shape index (κ3) is 4.69. The van der Waals surface area contributed by atoms with Gasteiger partial charge in [0.25, 0.3) is 0 Å². The summed E-state index contributed by atoms with van der Waals surface area (Å²) in [4.78, 5) is 30.8. The number of benzene rings is 2. The lowest BCUT2D eigenvalue weighted by atomic mass is 10.1. The molecule has 0 atom stereocenters. The SMILES string of the molecule is CC(=O)N(c1ccc2cnsc2c1)c1cc(NC(=O)Cc2c(Cl)cccc2Cl)ccn1. The van der Waals surface area contributed by atoms with Gasteiger partial charge in [-0.15, -0.1) is 0 Å². The van der Waals surface area contributed by atoms with Crippen molar-refractivity contribution in [2.24, 2.45) is 0 Å². The molecule has 0 aliphatic rings. The standard InChI is InChI=1S/C22H16Cl2N4O2S/c1-13(29)28(16-6-5-14-12-26-31-20(14)10-16)21-9-15(7-8-25-21)27-22(30)11-17-18(23)3-2-4-19(17)24/h2-10,12H,11H2,1H3,(H,25,27,30). The first-order chi connectivity index (χ1) is 14.9. The van der Waals surface area contributed by atoms with E-state index in [2.05, 4.69) is 14.7 Å². The van der Waals surface area contributed by atoms with Crippen molar-refractivity contribution in [3.05, 3.63) is 76.5 Å². The summed E-state index contributed by atoms with van der Waals surface area (Å²) in [6.07, 6.45) is 3.34. The number of hydrogen-bond donors (Lipinski definition) is 1. The number of nitrogens with zero attached hydrogens (tertiary/aromatic N) is 3. The van der Waals surface area contributed by atoms with Crippen LogP contribution in [0.1, 0.15) is 12.5 Å². The molecule has 2 aromatic carbocycles. The number of amides is 2. The quantitative estimate of drug-likeness (QED) is 0.396. The molecule has 0 fully saturated rings. The summed E-state index contributed by atoms with van der Waals surface area (Å²) < 4.78 is 5.13. The Bertz CT molecular complexity index is 1270. The monoisotopic (exact) mass is 470 g/mol. The van der Waals surface area contributed by atoms with E-state index < -0.39 is 0 Å². The first-order valence-corrected chi connectivity index (χ1v) is 10.8. The van der Waals surface area contributed by atoms with Gasteiger partial charge in [0.2, 0.25) is 11.8 Å². The minimum absolute atomic E-state index is 0.0225. The van der Waals surface area contributed by atoms with Crippen molar-refractivity contribution in [3.8, 4) is 0 Å². The van der Waals surface area contributed by atoms with E-state index in [9.17, 15) is 9.59 Å². The van der Waals surface area contributed by atoms with Crippen LogP contribution in [0.4, 0.5) is 17.2 Å². The highest BCUT2D eigenvalue weighted by Gasteiger charge is 2.18. The second-order valence-corrected chi connectivity index (χ2v) is 8.38. The number of pyridine rings is 1. The zero-order valence-corrected chi connectivity index (χ0v) is 18.6. The van der Waals surface area contributed by atoms with Gasteiger partial charge >= 0.3 is 0 Å². The molecule has 9 heteroatoms. The van der Waals surface area contributed by atoms with Gasteiger partial charge in [0.05, 0.1) is 16.8 Å². The second-order valence-electron chi connectivity index (χ2n) is 6.73. The minimum atomic E-state index is -0.285. The molecule has 4 aromatic rings. The maximum Gasteiger partial charge on any atom is 0.229 e. The Labute approximate surface area is 192 Å². The van der Waals surface area contributed by atoms with Gasteiger partial charge in [-0.2, -0.15) is 4.37 Å². The van der Waals surface area contributed by atoms with E-state index in [0.717, 1.165) is 10.1 Å². The van der Waals surface area contributed by atoms with Crippen LogP contribution in [0.15, 0.2) is 60.9 Å². The van der Waals surface area contributed by atoms with Crippen LogP contribution >= 0.6 is 34.7 Å². The highest BCUT2D eigenvalue weighted by atomic mass is 35.5. The summed E-state index contributed by atoms with van der Waals surface area (Å²) >= 11 is 13.7. The molecule has 31 heavy (non-hydrogen) atoms. The second kappa shape index (κ2) is 9.01. The maximum atomic E-state index is 12.6. The Morgan fingerprint density at radius 2 is 1.87 bits per heavy atom. The number of fused-ring (bicyclic) bond motifs is 1. The zero-order chi connectivity index (χ0) is 22.0. The molecule has 4 rings (SSSR count). The van der Waals surface area contributed by atoms with E-state index in [1.165, 1.54) is 29.6 Å². The van der Waals surface area contributed by atoms with Crippen LogP contribution in [-0.4, -0.2) is 21.2 Å². The van der Waals surface area contributed by atoms with E-state index in [1.807, 2.05) is 18.2 Å². The van der Waals surface area contributed by atoms with Crippen LogP contribution in [0.3, 0.4) is 0 Å². The molecule has 6 nitrogen and oxygen atoms in total. The number of carbonyl (C=O) groups is 2. The van der Waals surface area contributed by atoms with Gasteiger partial charge in [-0.1, -0.05) is 29.3 Å². The summed E-state index contributed by atoms with van der Waals surface area (Å²) in [6, 6.07) is 14.0. The Hall–Kier alpha value is -3.00. The average molecular weight is 471 g/mol. The summed E-state index contributed by atoms with van der Waals surface area (Å²) in [5.74, 6) is -0.0970. The van der Waals surface area contributed by atoms with Crippen LogP contribution < -0.4 is 10.2 Å². The largest absolute Gasteiger partial charge is 0.326 e.